The number of allylic oxidation sites excluding steroid dienone is 9. The first-order chi connectivity index (χ1) is 35.0. The second kappa shape index (κ2) is 54.0. The number of hydrogen-bond donors (Lipinski definition) is 2. The molecule has 0 aromatic carbocycles. The first kappa shape index (κ1) is 70.2. The standard InChI is InChI=1S/C63H119N2O6P/c1-6-8-10-12-14-16-18-20-22-24-26-28-29-30-31-32-33-34-35-37-39-41-43-45-47-49-51-53-55-57-63(67)64-61(60-71-72(68,69)70-59-58-65(3,4)5)62(66)56-54-52-50-48-46-44-42-40-38-36-27-25-23-21-19-17-15-13-11-9-7-2/h18,20,24,26,38,40,46,48,54,56,61-62,66H,6-17,19,21-23,25,27-37,39,41-45,47,49-53,55,57-60H2,1-5H3,(H-,64,67,68,69)/b20-18-,26-24-,40-38+,48-46+,56-54+. The Morgan fingerprint density at radius 2 is 0.819 bits per heavy atom. The van der Waals surface area contributed by atoms with Crippen LogP contribution >= 0.6 is 7.82 Å². The van der Waals surface area contributed by atoms with E-state index in [2.05, 4.69) is 67.8 Å². The monoisotopic (exact) mass is 1030 g/mol. The van der Waals surface area contributed by atoms with Crippen LogP contribution in [0.15, 0.2) is 60.8 Å². The number of phosphoric ester groups is 1. The number of aliphatic hydroxyl groups excluding tert-OH is 1. The molecule has 0 aromatic rings. The van der Waals surface area contributed by atoms with Gasteiger partial charge in [0, 0.05) is 6.42 Å². The lowest BCUT2D eigenvalue weighted by molar-refractivity contribution is -0.870. The molecule has 0 bridgehead atoms. The zero-order valence-corrected chi connectivity index (χ0v) is 49.0. The summed E-state index contributed by atoms with van der Waals surface area (Å²) in [4.78, 5) is 25.5. The van der Waals surface area contributed by atoms with E-state index in [4.69, 9.17) is 9.05 Å². The number of unbranched alkanes of at least 4 members (excludes halogenated alkanes) is 35. The summed E-state index contributed by atoms with van der Waals surface area (Å²) in [5.41, 5.74) is 0. The molecule has 0 aliphatic heterocycles. The van der Waals surface area contributed by atoms with Gasteiger partial charge in [0.2, 0.25) is 5.91 Å². The highest BCUT2D eigenvalue weighted by atomic mass is 31.2. The minimum atomic E-state index is -4.61. The van der Waals surface area contributed by atoms with Crippen LogP contribution < -0.4 is 10.2 Å². The molecule has 0 rings (SSSR count). The van der Waals surface area contributed by atoms with Crippen LogP contribution in [0.2, 0.25) is 0 Å². The summed E-state index contributed by atoms with van der Waals surface area (Å²) in [6, 6.07) is -0.911. The van der Waals surface area contributed by atoms with Crippen molar-refractivity contribution in [3.63, 3.8) is 0 Å². The third-order valence-corrected chi connectivity index (χ3v) is 14.6. The number of carbonyl (C=O) groups excluding carboxylic acids is 1. The largest absolute Gasteiger partial charge is 0.756 e. The molecule has 8 nitrogen and oxygen atoms in total. The van der Waals surface area contributed by atoms with E-state index in [1.165, 1.54) is 212 Å². The van der Waals surface area contributed by atoms with Gasteiger partial charge in [-0.25, -0.2) is 0 Å². The molecule has 1 amide bonds. The van der Waals surface area contributed by atoms with Gasteiger partial charge < -0.3 is 28.8 Å². The Balaban J connectivity index is 4.19. The molecular formula is C63H119N2O6P. The van der Waals surface area contributed by atoms with E-state index in [-0.39, 0.29) is 12.5 Å². The van der Waals surface area contributed by atoms with Crippen LogP contribution in [-0.2, 0) is 18.4 Å². The number of quaternary nitrogens is 1. The maximum Gasteiger partial charge on any atom is 0.268 e. The normalized spacial score (nSPS) is 14.3. The molecule has 422 valence electrons. The summed E-state index contributed by atoms with van der Waals surface area (Å²) >= 11 is 0. The number of nitrogens with zero attached hydrogens (tertiary/aromatic N) is 1. The zero-order valence-electron chi connectivity index (χ0n) is 48.1. The number of nitrogens with one attached hydrogen (secondary N) is 1. The summed E-state index contributed by atoms with van der Waals surface area (Å²) in [7, 11) is 1.24. The smallest absolute Gasteiger partial charge is 0.268 e. The third kappa shape index (κ3) is 55.9. The molecule has 0 spiro atoms. The van der Waals surface area contributed by atoms with Crippen LogP contribution in [0, 0.1) is 0 Å². The highest BCUT2D eigenvalue weighted by Crippen LogP contribution is 2.38. The van der Waals surface area contributed by atoms with Gasteiger partial charge in [0.1, 0.15) is 13.2 Å². The molecule has 0 aromatic heterocycles. The molecule has 0 aliphatic rings. The van der Waals surface area contributed by atoms with Gasteiger partial charge in [0.05, 0.1) is 39.9 Å². The first-order valence-electron chi connectivity index (χ1n) is 30.7. The van der Waals surface area contributed by atoms with Crippen LogP contribution in [0.1, 0.15) is 284 Å². The van der Waals surface area contributed by atoms with Crippen molar-refractivity contribution in [2.45, 2.75) is 296 Å². The number of phosphoric acid groups is 1. The fourth-order valence-corrected chi connectivity index (χ4v) is 9.59. The first-order valence-corrected chi connectivity index (χ1v) is 32.1. The molecule has 0 fully saturated rings. The third-order valence-electron chi connectivity index (χ3n) is 13.7. The Morgan fingerprint density at radius 3 is 1.21 bits per heavy atom. The molecule has 0 saturated heterocycles. The average molecular weight is 1030 g/mol. The molecule has 9 heteroatoms. The van der Waals surface area contributed by atoms with E-state index in [0.29, 0.717) is 17.4 Å². The van der Waals surface area contributed by atoms with E-state index in [0.717, 1.165) is 51.4 Å². The van der Waals surface area contributed by atoms with Gasteiger partial charge in [0.15, 0.2) is 0 Å². The van der Waals surface area contributed by atoms with Gasteiger partial charge in [-0.1, -0.05) is 261 Å². The lowest BCUT2D eigenvalue weighted by Crippen LogP contribution is -2.45. The summed E-state index contributed by atoms with van der Waals surface area (Å²) in [5.74, 6) is -0.209. The van der Waals surface area contributed by atoms with Crippen LogP contribution in [0.5, 0.6) is 0 Å². The topological polar surface area (TPSA) is 108 Å². The molecule has 0 aliphatic carbocycles. The Labute approximate surface area is 447 Å². The van der Waals surface area contributed by atoms with Gasteiger partial charge in [-0.15, -0.1) is 0 Å². The van der Waals surface area contributed by atoms with Crippen LogP contribution in [0.4, 0.5) is 0 Å². The highest BCUT2D eigenvalue weighted by Gasteiger charge is 2.23. The van der Waals surface area contributed by atoms with Crippen molar-refractivity contribution in [1.29, 1.82) is 0 Å². The van der Waals surface area contributed by atoms with Gasteiger partial charge in [0.25, 0.3) is 7.82 Å². The molecule has 0 radical (unpaired) electrons. The van der Waals surface area contributed by atoms with E-state index in [1.807, 2.05) is 27.2 Å². The van der Waals surface area contributed by atoms with Crippen molar-refractivity contribution in [3.05, 3.63) is 60.8 Å². The minimum absolute atomic E-state index is 0.00951. The van der Waals surface area contributed by atoms with E-state index in [1.54, 1.807) is 6.08 Å². The number of likely N-dealkylation sites (N-methyl/N-ethyl adjacent to an activating group) is 1. The van der Waals surface area contributed by atoms with E-state index < -0.39 is 26.6 Å². The van der Waals surface area contributed by atoms with Crippen molar-refractivity contribution in [3.8, 4) is 0 Å². The summed E-state index contributed by atoms with van der Waals surface area (Å²) in [6.07, 6.45) is 73.1. The molecule has 0 heterocycles. The Morgan fingerprint density at radius 1 is 0.486 bits per heavy atom. The van der Waals surface area contributed by atoms with Gasteiger partial charge in [-0.3, -0.25) is 9.36 Å². The molecule has 3 unspecified atom stereocenters. The molecule has 3 atom stereocenters. The SMILES string of the molecule is CCCCCCC/C=C\C/C=C\CCCCCCCCCCCCCCCCCCCC(=O)NC(COP(=O)([O-])OCC[N+](C)(C)C)C(O)/C=C/CC/C=C/CC/C=C/CCCCCCCCCCCCC. The predicted molar refractivity (Wildman–Crippen MR) is 311 cm³/mol. The Bertz CT molecular complexity index is 1360. The van der Waals surface area contributed by atoms with Gasteiger partial charge >= 0.3 is 0 Å². The maximum absolute atomic E-state index is 13.0. The average Bonchev–Trinajstić information content (AvgIpc) is 3.34. The summed E-state index contributed by atoms with van der Waals surface area (Å²) in [5, 5.41) is 13.9. The van der Waals surface area contributed by atoms with E-state index >= 15 is 0 Å². The van der Waals surface area contributed by atoms with Crippen molar-refractivity contribution in [2.24, 2.45) is 0 Å². The number of carbonyl (C=O) groups is 1. The van der Waals surface area contributed by atoms with Crippen LogP contribution in [0.25, 0.3) is 0 Å². The fourth-order valence-electron chi connectivity index (χ4n) is 8.86. The fraction of sp³-hybridized carbons (Fsp3) is 0.825. The number of rotatable bonds is 56. The lowest BCUT2D eigenvalue weighted by Gasteiger charge is -2.29. The summed E-state index contributed by atoms with van der Waals surface area (Å²) < 4.78 is 23.4. The lowest BCUT2D eigenvalue weighted by atomic mass is 10.0. The number of amides is 1. The van der Waals surface area contributed by atoms with Crippen molar-refractivity contribution in [1.82, 2.24) is 5.32 Å². The van der Waals surface area contributed by atoms with Crippen LogP contribution in [-0.4, -0.2) is 68.5 Å². The predicted octanol–water partition coefficient (Wildman–Crippen LogP) is 18.2. The highest BCUT2D eigenvalue weighted by molar-refractivity contribution is 7.45. The molecule has 72 heavy (non-hydrogen) atoms. The maximum atomic E-state index is 13.0. The van der Waals surface area contributed by atoms with E-state index in [9.17, 15) is 19.4 Å². The Kier molecular flexibility index (Phi) is 52.7. The minimum Gasteiger partial charge on any atom is -0.756 e. The molecule has 0 saturated carbocycles. The summed E-state index contributed by atoms with van der Waals surface area (Å²) in [6.45, 7) is 4.64. The van der Waals surface area contributed by atoms with Crippen molar-refractivity contribution < 1.29 is 32.9 Å². The molecule has 2 N–H and O–H groups in total. The van der Waals surface area contributed by atoms with Crippen molar-refractivity contribution >= 4 is 13.7 Å². The second-order valence-electron chi connectivity index (χ2n) is 22.0. The van der Waals surface area contributed by atoms with Crippen molar-refractivity contribution in [2.75, 3.05) is 40.9 Å². The quantitative estimate of drug-likeness (QED) is 0.0272. The van der Waals surface area contributed by atoms with Crippen LogP contribution in [0.3, 0.4) is 0 Å². The zero-order chi connectivity index (χ0) is 52.7. The Hall–Kier alpha value is -1.80. The van der Waals surface area contributed by atoms with Gasteiger partial charge in [-0.05, 0) is 77.0 Å². The molecular weight excluding hydrogens is 912 g/mol. The van der Waals surface area contributed by atoms with Gasteiger partial charge in [-0.2, -0.15) is 0 Å². The number of aliphatic hydroxyl groups is 1. The second-order valence-corrected chi connectivity index (χ2v) is 23.4. The number of hydrogen-bond acceptors (Lipinski definition) is 6.